The molecule has 0 radical (unpaired) electrons. The van der Waals surface area contributed by atoms with Gasteiger partial charge in [0.2, 0.25) is 0 Å². The summed E-state index contributed by atoms with van der Waals surface area (Å²) in [4.78, 5) is 34.9. The standard InChI is InChI=1S/C29H29ClN4O4S/c1-4-17(2)26(28(35)32-33-39(37,38)20-15-13-19(30)14-16-20)34-27(21-9-5-6-10-22(21)29(34)36)25-18(3)31-24-12-8-7-11-23(24)25/h5-17,26-27,31,33H,4H2,1-3H3,(H,32,35). The number of sulfonamides is 1. The Morgan fingerprint density at radius 3 is 2.44 bits per heavy atom. The van der Waals surface area contributed by atoms with Gasteiger partial charge in [-0.05, 0) is 54.8 Å². The molecule has 3 aromatic carbocycles. The zero-order valence-corrected chi connectivity index (χ0v) is 23.3. The summed E-state index contributed by atoms with van der Waals surface area (Å²) >= 11 is 5.89. The van der Waals surface area contributed by atoms with E-state index in [1.807, 2.05) is 57.2 Å². The maximum atomic E-state index is 14.0. The van der Waals surface area contributed by atoms with E-state index in [0.29, 0.717) is 17.0 Å². The van der Waals surface area contributed by atoms with Gasteiger partial charge in [-0.2, -0.15) is 0 Å². The lowest BCUT2D eigenvalue weighted by atomic mass is 9.91. The molecule has 0 fully saturated rings. The second-order valence-corrected chi connectivity index (χ2v) is 11.9. The van der Waals surface area contributed by atoms with Gasteiger partial charge in [0.05, 0.1) is 10.9 Å². The van der Waals surface area contributed by atoms with Gasteiger partial charge in [-0.1, -0.05) is 68.3 Å². The predicted octanol–water partition coefficient (Wildman–Crippen LogP) is 5.10. The van der Waals surface area contributed by atoms with Gasteiger partial charge < -0.3 is 9.88 Å². The Bertz CT molecular complexity index is 1670. The van der Waals surface area contributed by atoms with Gasteiger partial charge in [-0.25, -0.2) is 8.42 Å². The number of hydrogen-bond donors (Lipinski definition) is 3. The smallest absolute Gasteiger partial charge is 0.258 e. The SMILES string of the molecule is CCC(C)C(C(=O)NNS(=O)(=O)c1ccc(Cl)cc1)N1C(=O)c2ccccc2C1c1c(C)[nH]c2ccccc12. The van der Waals surface area contributed by atoms with Crippen LogP contribution in [-0.4, -0.2) is 36.2 Å². The summed E-state index contributed by atoms with van der Waals surface area (Å²) in [6, 6.07) is 19.3. The van der Waals surface area contributed by atoms with E-state index in [-0.39, 0.29) is 16.7 Å². The molecule has 1 aliphatic heterocycles. The van der Waals surface area contributed by atoms with E-state index in [0.717, 1.165) is 27.7 Å². The first-order chi connectivity index (χ1) is 18.6. The molecule has 0 bridgehead atoms. The maximum Gasteiger partial charge on any atom is 0.258 e. The number of halogens is 1. The van der Waals surface area contributed by atoms with Gasteiger partial charge in [0, 0.05) is 32.7 Å². The minimum atomic E-state index is -4.07. The molecule has 0 saturated heterocycles. The third kappa shape index (κ3) is 4.82. The fourth-order valence-corrected chi connectivity index (χ4v) is 6.29. The molecule has 10 heteroatoms. The van der Waals surface area contributed by atoms with Crippen LogP contribution in [0.1, 0.15) is 53.5 Å². The number of carbonyl (C=O) groups is 2. The molecule has 4 aromatic rings. The molecule has 0 spiro atoms. The van der Waals surface area contributed by atoms with Crippen molar-refractivity contribution in [3.05, 3.63) is 100 Å². The Labute approximate surface area is 232 Å². The Balaban J connectivity index is 1.56. The van der Waals surface area contributed by atoms with Gasteiger partial charge in [0.25, 0.3) is 21.8 Å². The lowest BCUT2D eigenvalue weighted by molar-refractivity contribution is -0.128. The third-order valence-electron chi connectivity index (χ3n) is 7.40. The van der Waals surface area contributed by atoms with Gasteiger partial charge in [-0.15, -0.1) is 4.83 Å². The highest BCUT2D eigenvalue weighted by atomic mass is 35.5. The van der Waals surface area contributed by atoms with E-state index >= 15 is 0 Å². The average Bonchev–Trinajstić information content (AvgIpc) is 3.40. The van der Waals surface area contributed by atoms with Crippen LogP contribution >= 0.6 is 11.6 Å². The summed E-state index contributed by atoms with van der Waals surface area (Å²) in [6.07, 6.45) is 0.585. The molecule has 5 rings (SSSR count). The van der Waals surface area contributed by atoms with Crippen molar-refractivity contribution in [1.29, 1.82) is 0 Å². The Hall–Kier alpha value is -3.66. The van der Waals surface area contributed by atoms with E-state index in [2.05, 4.69) is 15.2 Å². The first-order valence-electron chi connectivity index (χ1n) is 12.7. The Morgan fingerprint density at radius 2 is 1.72 bits per heavy atom. The van der Waals surface area contributed by atoms with Gasteiger partial charge in [0.1, 0.15) is 6.04 Å². The van der Waals surface area contributed by atoms with E-state index in [9.17, 15) is 18.0 Å². The minimum Gasteiger partial charge on any atom is -0.358 e. The van der Waals surface area contributed by atoms with E-state index in [1.165, 1.54) is 24.3 Å². The first kappa shape index (κ1) is 26.9. The molecule has 0 saturated carbocycles. The van der Waals surface area contributed by atoms with Crippen molar-refractivity contribution in [3.8, 4) is 0 Å². The van der Waals surface area contributed by atoms with Crippen LogP contribution in [0.15, 0.2) is 77.7 Å². The number of fused-ring (bicyclic) bond motifs is 2. The summed E-state index contributed by atoms with van der Waals surface area (Å²) in [7, 11) is -4.07. The van der Waals surface area contributed by atoms with Crippen LogP contribution in [0.5, 0.6) is 0 Å². The zero-order valence-electron chi connectivity index (χ0n) is 21.7. The third-order valence-corrected chi connectivity index (χ3v) is 8.91. The number of carbonyl (C=O) groups excluding carboxylic acids is 2. The average molecular weight is 565 g/mol. The van der Waals surface area contributed by atoms with Crippen molar-refractivity contribution in [2.75, 3.05) is 0 Å². The zero-order chi connectivity index (χ0) is 27.9. The number of aryl methyl sites for hydroxylation is 1. The van der Waals surface area contributed by atoms with Crippen LogP contribution in [0, 0.1) is 12.8 Å². The topological polar surface area (TPSA) is 111 Å². The highest BCUT2D eigenvalue weighted by Gasteiger charge is 2.46. The summed E-state index contributed by atoms with van der Waals surface area (Å²) in [5, 5.41) is 1.35. The molecule has 0 aliphatic carbocycles. The molecular weight excluding hydrogens is 536 g/mol. The Morgan fingerprint density at radius 1 is 1.05 bits per heavy atom. The molecule has 8 nitrogen and oxygen atoms in total. The molecule has 2 heterocycles. The van der Waals surface area contributed by atoms with Crippen molar-refractivity contribution < 1.29 is 18.0 Å². The van der Waals surface area contributed by atoms with Crippen LogP contribution in [0.2, 0.25) is 5.02 Å². The summed E-state index contributed by atoms with van der Waals surface area (Å²) < 4.78 is 25.7. The van der Waals surface area contributed by atoms with Crippen LogP contribution in [0.25, 0.3) is 10.9 Å². The van der Waals surface area contributed by atoms with Crippen LogP contribution in [0.4, 0.5) is 0 Å². The number of nitrogens with one attached hydrogen (secondary N) is 3. The number of aromatic amines is 1. The molecule has 202 valence electrons. The molecule has 3 unspecified atom stereocenters. The number of hydrogen-bond acceptors (Lipinski definition) is 4. The van der Waals surface area contributed by atoms with E-state index in [1.54, 1.807) is 17.0 Å². The molecule has 3 atom stereocenters. The summed E-state index contributed by atoms with van der Waals surface area (Å²) in [6.45, 7) is 5.77. The van der Waals surface area contributed by atoms with Crippen LogP contribution < -0.4 is 10.3 Å². The highest BCUT2D eigenvalue weighted by Crippen LogP contribution is 2.44. The van der Waals surface area contributed by atoms with Crippen LogP contribution in [-0.2, 0) is 14.8 Å². The van der Waals surface area contributed by atoms with Crippen molar-refractivity contribution in [2.45, 2.75) is 44.2 Å². The van der Waals surface area contributed by atoms with Crippen molar-refractivity contribution in [2.24, 2.45) is 5.92 Å². The van der Waals surface area contributed by atoms with Crippen molar-refractivity contribution in [1.82, 2.24) is 20.1 Å². The second kappa shape index (κ2) is 10.5. The number of amides is 2. The quantitative estimate of drug-likeness (QED) is 0.259. The fraction of sp³-hybridized carbons (Fsp3) is 0.241. The van der Waals surface area contributed by atoms with Gasteiger partial charge in [0.15, 0.2) is 0 Å². The monoisotopic (exact) mass is 564 g/mol. The second-order valence-electron chi connectivity index (χ2n) is 9.79. The first-order valence-corrected chi connectivity index (χ1v) is 14.6. The van der Waals surface area contributed by atoms with Gasteiger partial charge in [-0.3, -0.25) is 15.0 Å². The largest absolute Gasteiger partial charge is 0.358 e. The highest BCUT2D eigenvalue weighted by molar-refractivity contribution is 7.89. The van der Waals surface area contributed by atoms with E-state index in [4.69, 9.17) is 11.6 Å². The number of H-pyrrole nitrogens is 1. The predicted molar refractivity (Wildman–Crippen MR) is 151 cm³/mol. The number of hydrazine groups is 1. The lowest BCUT2D eigenvalue weighted by Gasteiger charge is -2.36. The molecular formula is C29H29ClN4O4S. The number of benzene rings is 3. The van der Waals surface area contributed by atoms with E-state index < -0.39 is 28.0 Å². The van der Waals surface area contributed by atoms with Crippen molar-refractivity contribution >= 4 is 44.3 Å². The number of aromatic nitrogens is 1. The summed E-state index contributed by atoms with van der Waals surface area (Å²) in [5.41, 5.74) is 6.44. The normalized spacial score (nSPS) is 16.8. The number of rotatable bonds is 8. The molecule has 39 heavy (non-hydrogen) atoms. The molecule has 2 amide bonds. The van der Waals surface area contributed by atoms with Crippen LogP contribution in [0.3, 0.4) is 0 Å². The number of para-hydroxylation sites is 1. The van der Waals surface area contributed by atoms with Crippen molar-refractivity contribution in [3.63, 3.8) is 0 Å². The minimum absolute atomic E-state index is 0.0516. The Kier molecular flexibility index (Phi) is 7.24. The molecule has 1 aliphatic rings. The molecule has 1 aromatic heterocycles. The fourth-order valence-electron chi connectivity index (χ4n) is 5.31. The number of nitrogens with zero attached hydrogens (tertiary/aromatic N) is 1. The summed E-state index contributed by atoms with van der Waals surface area (Å²) in [5.74, 6) is -1.18. The molecule has 3 N–H and O–H groups in total. The lowest BCUT2D eigenvalue weighted by Crippen LogP contribution is -2.55. The van der Waals surface area contributed by atoms with Gasteiger partial charge >= 0.3 is 0 Å². The maximum absolute atomic E-state index is 14.0.